The van der Waals surface area contributed by atoms with Crippen LogP contribution in [-0.4, -0.2) is 31.3 Å². The summed E-state index contributed by atoms with van der Waals surface area (Å²) in [5.74, 6) is -0.304. The summed E-state index contributed by atoms with van der Waals surface area (Å²) in [6, 6.07) is 4.25. The van der Waals surface area contributed by atoms with Gasteiger partial charge >= 0.3 is 0 Å². The van der Waals surface area contributed by atoms with Crippen molar-refractivity contribution in [2.24, 2.45) is 0 Å². The second kappa shape index (κ2) is 5.21. The molecule has 5 heteroatoms. The van der Waals surface area contributed by atoms with Crippen molar-refractivity contribution in [2.45, 2.75) is 0 Å². The summed E-state index contributed by atoms with van der Waals surface area (Å²) in [7, 11) is 1.55. The Bertz CT molecular complexity index is 353. The molecule has 0 bridgehead atoms. The van der Waals surface area contributed by atoms with E-state index < -0.39 is 0 Å². The SMILES string of the molecule is COCCNC(=O)c1cc(O)ccc1N. The predicted molar refractivity (Wildman–Crippen MR) is 56.7 cm³/mol. The standard InChI is InChI=1S/C10H14N2O3/c1-15-5-4-12-10(14)8-6-7(13)2-3-9(8)11/h2-3,6,13H,4-5,11H2,1H3,(H,12,14). The molecule has 0 heterocycles. The number of nitrogens with two attached hydrogens (primary N) is 1. The van der Waals surface area contributed by atoms with E-state index in [4.69, 9.17) is 10.5 Å². The van der Waals surface area contributed by atoms with Crippen LogP contribution in [-0.2, 0) is 4.74 Å². The molecule has 0 spiro atoms. The quantitative estimate of drug-likeness (QED) is 0.380. The zero-order valence-corrected chi connectivity index (χ0v) is 8.49. The zero-order valence-electron chi connectivity index (χ0n) is 8.49. The van der Waals surface area contributed by atoms with E-state index in [0.717, 1.165) is 0 Å². The van der Waals surface area contributed by atoms with Crippen LogP contribution in [0.5, 0.6) is 5.75 Å². The minimum Gasteiger partial charge on any atom is -0.508 e. The fourth-order valence-corrected chi connectivity index (χ4v) is 1.10. The van der Waals surface area contributed by atoms with Gasteiger partial charge in [-0.25, -0.2) is 0 Å². The van der Waals surface area contributed by atoms with Crippen molar-refractivity contribution in [1.82, 2.24) is 5.32 Å². The molecule has 82 valence electrons. The van der Waals surface area contributed by atoms with Crippen molar-refractivity contribution < 1.29 is 14.6 Å². The molecule has 0 saturated carbocycles. The lowest BCUT2D eigenvalue weighted by molar-refractivity contribution is 0.0937. The normalized spacial score (nSPS) is 9.93. The molecular weight excluding hydrogens is 196 g/mol. The molecule has 5 nitrogen and oxygen atoms in total. The van der Waals surface area contributed by atoms with E-state index in [1.807, 2.05) is 0 Å². The third-order valence-electron chi connectivity index (χ3n) is 1.87. The third-order valence-corrected chi connectivity index (χ3v) is 1.87. The highest BCUT2D eigenvalue weighted by Crippen LogP contribution is 2.17. The van der Waals surface area contributed by atoms with Crippen LogP contribution in [0.3, 0.4) is 0 Å². The monoisotopic (exact) mass is 210 g/mol. The predicted octanol–water partition coefficient (Wildman–Crippen LogP) is 0.351. The lowest BCUT2D eigenvalue weighted by atomic mass is 10.1. The molecule has 1 rings (SSSR count). The molecule has 4 N–H and O–H groups in total. The molecule has 0 atom stereocenters. The van der Waals surface area contributed by atoms with Gasteiger partial charge < -0.3 is 20.9 Å². The van der Waals surface area contributed by atoms with E-state index in [1.165, 1.54) is 18.2 Å². The third kappa shape index (κ3) is 3.14. The van der Waals surface area contributed by atoms with Crippen molar-refractivity contribution >= 4 is 11.6 Å². The number of hydrogen-bond donors (Lipinski definition) is 3. The highest BCUT2D eigenvalue weighted by Gasteiger charge is 2.09. The number of nitrogens with one attached hydrogen (secondary N) is 1. The number of amides is 1. The van der Waals surface area contributed by atoms with Gasteiger partial charge in [0.2, 0.25) is 0 Å². The van der Waals surface area contributed by atoms with Crippen LogP contribution in [0.2, 0.25) is 0 Å². The van der Waals surface area contributed by atoms with Crippen LogP contribution in [0.4, 0.5) is 5.69 Å². The van der Waals surface area contributed by atoms with Gasteiger partial charge in [-0.3, -0.25) is 4.79 Å². The number of carbonyl (C=O) groups is 1. The first-order valence-corrected chi connectivity index (χ1v) is 4.50. The molecule has 1 aromatic rings. The molecular formula is C10H14N2O3. The van der Waals surface area contributed by atoms with E-state index >= 15 is 0 Å². The van der Waals surface area contributed by atoms with Gasteiger partial charge in [0.15, 0.2) is 0 Å². The summed E-state index contributed by atoms with van der Waals surface area (Å²) >= 11 is 0. The lowest BCUT2D eigenvalue weighted by Gasteiger charge is -2.07. The average molecular weight is 210 g/mol. The van der Waals surface area contributed by atoms with E-state index in [0.29, 0.717) is 18.8 Å². The molecule has 15 heavy (non-hydrogen) atoms. The molecule has 0 saturated heterocycles. The maximum Gasteiger partial charge on any atom is 0.253 e. The first-order chi connectivity index (χ1) is 7.15. The highest BCUT2D eigenvalue weighted by atomic mass is 16.5. The first-order valence-electron chi connectivity index (χ1n) is 4.50. The van der Waals surface area contributed by atoms with E-state index in [9.17, 15) is 9.90 Å². The van der Waals surface area contributed by atoms with Crippen molar-refractivity contribution in [3.63, 3.8) is 0 Å². The fourth-order valence-electron chi connectivity index (χ4n) is 1.10. The maximum atomic E-state index is 11.5. The van der Waals surface area contributed by atoms with Crippen LogP contribution in [0.1, 0.15) is 10.4 Å². The smallest absolute Gasteiger partial charge is 0.253 e. The van der Waals surface area contributed by atoms with Crippen LogP contribution in [0.25, 0.3) is 0 Å². The van der Waals surface area contributed by atoms with E-state index in [2.05, 4.69) is 5.32 Å². The topological polar surface area (TPSA) is 84.6 Å². The Morgan fingerprint density at radius 2 is 2.33 bits per heavy atom. The number of phenols is 1. The van der Waals surface area contributed by atoms with Crippen molar-refractivity contribution in [3.8, 4) is 5.75 Å². The Hall–Kier alpha value is -1.75. The maximum absolute atomic E-state index is 11.5. The Morgan fingerprint density at radius 3 is 3.00 bits per heavy atom. The van der Waals surface area contributed by atoms with Crippen LogP contribution < -0.4 is 11.1 Å². The largest absolute Gasteiger partial charge is 0.508 e. The Morgan fingerprint density at radius 1 is 1.60 bits per heavy atom. The van der Waals surface area contributed by atoms with Gasteiger partial charge in [-0.05, 0) is 18.2 Å². The Balaban J connectivity index is 2.68. The second-order valence-corrected chi connectivity index (χ2v) is 3.02. The number of methoxy groups -OCH3 is 1. The molecule has 1 aromatic carbocycles. The second-order valence-electron chi connectivity index (χ2n) is 3.02. The summed E-state index contributed by atoms with van der Waals surface area (Å²) in [4.78, 5) is 11.5. The molecule has 0 aliphatic rings. The van der Waals surface area contributed by atoms with Gasteiger partial charge in [-0.1, -0.05) is 0 Å². The van der Waals surface area contributed by atoms with Gasteiger partial charge in [-0.15, -0.1) is 0 Å². The minimum atomic E-state index is -0.319. The van der Waals surface area contributed by atoms with Crippen LogP contribution in [0.15, 0.2) is 18.2 Å². The van der Waals surface area contributed by atoms with Gasteiger partial charge in [0, 0.05) is 19.3 Å². The Kier molecular flexibility index (Phi) is 3.93. The molecule has 1 amide bonds. The first kappa shape index (κ1) is 11.3. The van der Waals surface area contributed by atoms with Crippen molar-refractivity contribution in [2.75, 3.05) is 26.0 Å². The van der Waals surface area contributed by atoms with Crippen molar-refractivity contribution in [1.29, 1.82) is 0 Å². The van der Waals surface area contributed by atoms with Gasteiger partial charge in [0.25, 0.3) is 5.91 Å². The summed E-state index contributed by atoms with van der Waals surface area (Å²) in [6.07, 6.45) is 0. The summed E-state index contributed by atoms with van der Waals surface area (Å²) in [5.41, 5.74) is 6.20. The summed E-state index contributed by atoms with van der Waals surface area (Å²) in [6.45, 7) is 0.842. The molecule has 0 aliphatic heterocycles. The molecule has 0 aliphatic carbocycles. The highest BCUT2D eigenvalue weighted by molar-refractivity contribution is 5.99. The average Bonchev–Trinajstić information content (AvgIpc) is 2.22. The van der Waals surface area contributed by atoms with E-state index in [1.54, 1.807) is 7.11 Å². The molecule has 0 unspecified atom stereocenters. The van der Waals surface area contributed by atoms with Crippen LogP contribution >= 0.6 is 0 Å². The zero-order chi connectivity index (χ0) is 11.3. The van der Waals surface area contributed by atoms with Gasteiger partial charge in [0.05, 0.1) is 12.2 Å². The van der Waals surface area contributed by atoms with Gasteiger partial charge in [-0.2, -0.15) is 0 Å². The van der Waals surface area contributed by atoms with Crippen molar-refractivity contribution in [3.05, 3.63) is 23.8 Å². The number of benzene rings is 1. The number of rotatable bonds is 4. The van der Waals surface area contributed by atoms with E-state index in [-0.39, 0.29) is 17.2 Å². The number of carbonyl (C=O) groups excluding carboxylic acids is 1. The lowest BCUT2D eigenvalue weighted by Crippen LogP contribution is -2.27. The summed E-state index contributed by atoms with van der Waals surface area (Å²) in [5, 5.41) is 11.8. The Labute approximate surface area is 87.9 Å². The van der Waals surface area contributed by atoms with Gasteiger partial charge in [0.1, 0.15) is 5.75 Å². The molecule has 0 radical (unpaired) electrons. The molecule has 0 aromatic heterocycles. The number of aromatic hydroxyl groups is 1. The number of anilines is 1. The number of ether oxygens (including phenoxy) is 1. The van der Waals surface area contributed by atoms with Crippen LogP contribution in [0, 0.1) is 0 Å². The number of nitrogen functional groups attached to an aromatic ring is 1. The summed E-state index contributed by atoms with van der Waals surface area (Å²) < 4.78 is 4.79. The number of phenolic OH excluding ortho intramolecular Hbond substituents is 1. The minimum absolute atomic E-state index is 0.0149. The fraction of sp³-hybridized carbons (Fsp3) is 0.300. The molecule has 0 fully saturated rings. The number of hydrogen-bond acceptors (Lipinski definition) is 4.